The van der Waals surface area contributed by atoms with Gasteiger partial charge in [0.1, 0.15) is 5.82 Å². The van der Waals surface area contributed by atoms with Crippen molar-refractivity contribution < 1.29 is 0 Å². The van der Waals surface area contributed by atoms with Crippen LogP contribution in [0.1, 0.15) is 12.6 Å². The number of allylic oxidation sites excluding steroid dienone is 3. The van der Waals surface area contributed by atoms with E-state index in [9.17, 15) is 0 Å². The van der Waals surface area contributed by atoms with Gasteiger partial charge in [0.2, 0.25) is 0 Å². The predicted octanol–water partition coefficient (Wildman–Crippen LogP) is 5.37. The van der Waals surface area contributed by atoms with Crippen molar-refractivity contribution in [1.82, 2.24) is 9.97 Å². The maximum absolute atomic E-state index is 4.83. The summed E-state index contributed by atoms with van der Waals surface area (Å²) in [7, 11) is 1.92. The quantitative estimate of drug-likeness (QED) is 0.621. The minimum atomic E-state index is 0.870. The highest BCUT2D eigenvalue weighted by Crippen LogP contribution is 2.31. The standard InChI is InChI=1S/C21H21N3/c1-4-8-15(2)19-20(16-11-13-18(22-3)14-12-16)24-21(23-19)17-9-6-5-7-10-17/h4-14,22H,1H2,2-3H3,(H,23,24)/b15-8+. The van der Waals surface area contributed by atoms with Gasteiger partial charge in [-0.25, -0.2) is 4.98 Å². The normalized spacial score (nSPS) is 11.3. The molecule has 0 aliphatic carbocycles. The number of nitrogens with one attached hydrogen (secondary N) is 2. The van der Waals surface area contributed by atoms with Crippen LogP contribution in [0.25, 0.3) is 28.2 Å². The summed E-state index contributed by atoms with van der Waals surface area (Å²) in [6.07, 6.45) is 3.77. The summed E-state index contributed by atoms with van der Waals surface area (Å²) in [5.74, 6) is 0.870. The summed E-state index contributed by atoms with van der Waals surface area (Å²) in [5.41, 5.74) is 6.31. The molecule has 0 fully saturated rings. The van der Waals surface area contributed by atoms with Crippen molar-refractivity contribution in [2.45, 2.75) is 6.92 Å². The maximum Gasteiger partial charge on any atom is 0.138 e. The van der Waals surface area contributed by atoms with E-state index in [1.165, 1.54) is 0 Å². The van der Waals surface area contributed by atoms with Crippen LogP contribution >= 0.6 is 0 Å². The maximum atomic E-state index is 4.83. The van der Waals surface area contributed by atoms with Crippen molar-refractivity contribution >= 4 is 11.3 Å². The highest BCUT2D eigenvalue weighted by Gasteiger charge is 2.14. The number of anilines is 1. The fraction of sp³-hybridized carbons (Fsp3) is 0.0952. The SMILES string of the molecule is C=C/C=C(\C)c1nc(-c2ccccc2)[nH]c1-c1ccc(NC)cc1. The van der Waals surface area contributed by atoms with Crippen molar-refractivity contribution in [3.63, 3.8) is 0 Å². The third kappa shape index (κ3) is 3.15. The average molecular weight is 315 g/mol. The Labute approximate surface area is 142 Å². The van der Waals surface area contributed by atoms with E-state index in [0.29, 0.717) is 0 Å². The monoisotopic (exact) mass is 315 g/mol. The molecule has 1 heterocycles. The second-order valence-corrected chi connectivity index (χ2v) is 5.59. The smallest absolute Gasteiger partial charge is 0.138 e. The van der Waals surface area contributed by atoms with Crippen LogP contribution in [-0.2, 0) is 0 Å². The summed E-state index contributed by atoms with van der Waals surface area (Å²) in [5, 5.41) is 3.14. The number of benzene rings is 2. The van der Waals surface area contributed by atoms with Crippen molar-refractivity contribution in [2.24, 2.45) is 0 Å². The third-order valence-corrected chi connectivity index (χ3v) is 3.95. The van der Waals surface area contributed by atoms with Gasteiger partial charge in [-0.15, -0.1) is 0 Å². The minimum Gasteiger partial charge on any atom is -0.388 e. The second kappa shape index (κ2) is 7.01. The van der Waals surface area contributed by atoms with Crippen LogP contribution in [0.15, 0.2) is 73.3 Å². The van der Waals surface area contributed by atoms with Gasteiger partial charge >= 0.3 is 0 Å². The lowest BCUT2D eigenvalue weighted by atomic mass is 10.1. The molecule has 0 aliphatic heterocycles. The largest absolute Gasteiger partial charge is 0.388 e. The van der Waals surface area contributed by atoms with E-state index in [1.54, 1.807) is 6.08 Å². The van der Waals surface area contributed by atoms with E-state index >= 15 is 0 Å². The Morgan fingerprint density at radius 1 is 1.04 bits per heavy atom. The van der Waals surface area contributed by atoms with Gasteiger partial charge in [0, 0.05) is 23.9 Å². The van der Waals surface area contributed by atoms with Crippen LogP contribution in [0, 0.1) is 0 Å². The van der Waals surface area contributed by atoms with E-state index in [1.807, 2.05) is 31.3 Å². The molecule has 3 nitrogen and oxygen atoms in total. The van der Waals surface area contributed by atoms with E-state index in [0.717, 1.165) is 39.6 Å². The average Bonchev–Trinajstić information content (AvgIpc) is 3.08. The predicted molar refractivity (Wildman–Crippen MR) is 103 cm³/mol. The Bertz CT molecular complexity index is 856. The molecule has 0 saturated heterocycles. The minimum absolute atomic E-state index is 0.870. The number of hydrogen-bond acceptors (Lipinski definition) is 2. The third-order valence-electron chi connectivity index (χ3n) is 3.95. The molecule has 2 N–H and O–H groups in total. The Morgan fingerprint density at radius 3 is 2.38 bits per heavy atom. The van der Waals surface area contributed by atoms with Crippen LogP contribution < -0.4 is 5.32 Å². The van der Waals surface area contributed by atoms with Gasteiger partial charge < -0.3 is 10.3 Å². The van der Waals surface area contributed by atoms with Gasteiger partial charge in [-0.3, -0.25) is 0 Å². The molecule has 24 heavy (non-hydrogen) atoms. The molecule has 3 aromatic rings. The molecule has 2 aromatic carbocycles. The summed E-state index contributed by atoms with van der Waals surface area (Å²) < 4.78 is 0. The molecule has 120 valence electrons. The fourth-order valence-corrected chi connectivity index (χ4v) is 2.66. The van der Waals surface area contributed by atoms with Gasteiger partial charge in [0.25, 0.3) is 0 Å². The van der Waals surface area contributed by atoms with E-state index in [2.05, 4.69) is 60.2 Å². The topological polar surface area (TPSA) is 40.7 Å². The van der Waals surface area contributed by atoms with Gasteiger partial charge in [-0.05, 0) is 24.6 Å². The number of aromatic amines is 1. The number of nitrogens with zero attached hydrogens (tertiary/aromatic N) is 1. The first-order valence-corrected chi connectivity index (χ1v) is 7.96. The number of H-pyrrole nitrogens is 1. The van der Waals surface area contributed by atoms with Crippen molar-refractivity contribution in [2.75, 3.05) is 12.4 Å². The second-order valence-electron chi connectivity index (χ2n) is 5.59. The zero-order valence-corrected chi connectivity index (χ0v) is 14.0. The van der Waals surface area contributed by atoms with Crippen LogP contribution in [-0.4, -0.2) is 17.0 Å². The molecule has 0 aliphatic rings. The van der Waals surface area contributed by atoms with Crippen LogP contribution in [0.4, 0.5) is 5.69 Å². The van der Waals surface area contributed by atoms with Crippen molar-refractivity contribution in [3.05, 3.63) is 79.0 Å². The van der Waals surface area contributed by atoms with Crippen molar-refractivity contribution in [1.29, 1.82) is 0 Å². The van der Waals surface area contributed by atoms with Gasteiger partial charge in [-0.1, -0.05) is 61.2 Å². The molecule has 0 amide bonds. The van der Waals surface area contributed by atoms with Crippen LogP contribution in [0.3, 0.4) is 0 Å². The van der Waals surface area contributed by atoms with Crippen LogP contribution in [0.2, 0.25) is 0 Å². The Balaban J connectivity index is 2.13. The summed E-state index contributed by atoms with van der Waals surface area (Å²) >= 11 is 0. The summed E-state index contributed by atoms with van der Waals surface area (Å²) in [6.45, 7) is 5.85. The first-order valence-electron chi connectivity index (χ1n) is 7.96. The lowest BCUT2D eigenvalue weighted by Gasteiger charge is -2.05. The first-order chi connectivity index (χ1) is 11.7. The molecule has 0 atom stereocenters. The molecular weight excluding hydrogens is 294 g/mol. The van der Waals surface area contributed by atoms with Gasteiger partial charge in [-0.2, -0.15) is 0 Å². The molecule has 0 radical (unpaired) electrons. The summed E-state index contributed by atoms with van der Waals surface area (Å²) in [4.78, 5) is 8.32. The lowest BCUT2D eigenvalue weighted by molar-refractivity contribution is 1.29. The van der Waals surface area contributed by atoms with Crippen molar-refractivity contribution in [3.8, 4) is 22.6 Å². The number of hydrogen-bond donors (Lipinski definition) is 2. The zero-order valence-electron chi connectivity index (χ0n) is 14.0. The van der Waals surface area contributed by atoms with Gasteiger partial charge in [0.15, 0.2) is 0 Å². The molecule has 3 heteroatoms. The number of imidazole rings is 1. The molecule has 0 unspecified atom stereocenters. The molecule has 0 spiro atoms. The highest BCUT2D eigenvalue weighted by molar-refractivity contribution is 5.80. The van der Waals surface area contributed by atoms with Gasteiger partial charge in [0.05, 0.1) is 11.4 Å². The molecule has 0 bridgehead atoms. The number of aromatic nitrogens is 2. The number of rotatable bonds is 5. The first kappa shape index (κ1) is 15.8. The summed E-state index contributed by atoms with van der Waals surface area (Å²) in [6, 6.07) is 18.5. The van der Waals surface area contributed by atoms with E-state index < -0.39 is 0 Å². The lowest BCUT2D eigenvalue weighted by Crippen LogP contribution is -1.89. The molecule has 1 aromatic heterocycles. The molecular formula is C21H21N3. The Hall–Kier alpha value is -3.07. The molecule has 3 rings (SSSR count). The van der Waals surface area contributed by atoms with Crippen LogP contribution in [0.5, 0.6) is 0 Å². The zero-order chi connectivity index (χ0) is 16.9. The Kier molecular flexibility index (Phi) is 4.62. The Morgan fingerprint density at radius 2 is 1.75 bits per heavy atom. The van der Waals surface area contributed by atoms with E-state index in [4.69, 9.17) is 4.98 Å². The fourth-order valence-electron chi connectivity index (χ4n) is 2.66. The van der Waals surface area contributed by atoms with E-state index in [-0.39, 0.29) is 0 Å². The highest BCUT2D eigenvalue weighted by atomic mass is 14.9. The molecule has 0 saturated carbocycles.